The van der Waals surface area contributed by atoms with E-state index >= 15 is 0 Å². The number of anilines is 2. The number of carbonyl (C=O) groups excluding carboxylic acids is 1. The standard InChI is InChI=1S/C26H28N6O3S2/c1-15-5-10-23-19(11-15)13-20(14-27)25(31-23)36-18(4)24(33)30-21-6-8-22(9-7-21)37(34,35)32-26-28-16(2)12-17(3)29-26/h6-9,12-13,15,18H,5,10-11H2,1-4H3,(H,30,33)(H,28,29,32). The fourth-order valence-corrected chi connectivity index (χ4v) is 5.97. The fourth-order valence-electron chi connectivity index (χ4n) is 4.13. The average Bonchev–Trinajstić information content (AvgIpc) is 2.83. The number of hydrogen-bond acceptors (Lipinski definition) is 8. The third kappa shape index (κ3) is 6.45. The van der Waals surface area contributed by atoms with Crippen molar-refractivity contribution in [2.75, 3.05) is 10.0 Å². The van der Waals surface area contributed by atoms with Crippen LogP contribution in [0.1, 0.15) is 48.5 Å². The molecule has 1 amide bonds. The van der Waals surface area contributed by atoms with Crippen molar-refractivity contribution in [3.05, 3.63) is 64.6 Å². The van der Waals surface area contributed by atoms with Crippen LogP contribution in [0, 0.1) is 31.1 Å². The monoisotopic (exact) mass is 536 g/mol. The molecule has 1 aliphatic rings. The number of thioether (sulfide) groups is 1. The van der Waals surface area contributed by atoms with Crippen molar-refractivity contribution in [2.24, 2.45) is 5.92 Å². The van der Waals surface area contributed by atoms with Crippen LogP contribution < -0.4 is 10.0 Å². The predicted octanol–water partition coefficient (Wildman–Crippen LogP) is 4.41. The number of aromatic nitrogens is 3. The highest BCUT2D eigenvalue weighted by Gasteiger charge is 2.23. The first-order valence-electron chi connectivity index (χ1n) is 11.9. The number of nitriles is 1. The van der Waals surface area contributed by atoms with Gasteiger partial charge in [0.05, 0.1) is 15.7 Å². The number of nitrogens with zero attached hydrogens (tertiary/aromatic N) is 4. The first-order valence-corrected chi connectivity index (χ1v) is 14.3. The topological polar surface area (TPSA) is 138 Å². The van der Waals surface area contributed by atoms with Crippen LogP contribution in [-0.2, 0) is 27.7 Å². The summed E-state index contributed by atoms with van der Waals surface area (Å²) in [5, 5.41) is 12.5. The van der Waals surface area contributed by atoms with E-state index in [1.165, 1.54) is 36.0 Å². The summed E-state index contributed by atoms with van der Waals surface area (Å²) >= 11 is 1.24. The van der Waals surface area contributed by atoms with Crippen LogP contribution in [0.2, 0.25) is 0 Å². The Kier molecular flexibility index (Phi) is 7.80. The summed E-state index contributed by atoms with van der Waals surface area (Å²) in [7, 11) is -3.90. The molecule has 11 heteroatoms. The molecule has 0 bridgehead atoms. The van der Waals surface area contributed by atoms with E-state index in [4.69, 9.17) is 4.98 Å². The van der Waals surface area contributed by atoms with E-state index in [0.29, 0.717) is 33.6 Å². The highest BCUT2D eigenvalue weighted by atomic mass is 32.2. The van der Waals surface area contributed by atoms with Gasteiger partial charge >= 0.3 is 0 Å². The molecule has 4 rings (SSSR count). The summed E-state index contributed by atoms with van der Waals surface area (Å²) < 4.78 is 27.9. The maximum Gasteiger partial charge on any atom is 0.264 e. The quantitative estimate of drug-likeness (QED) is 0.424. The molecule has 9 nitrogen and oxygen atoms in total. The molecule has 1 aromatic carbocycles. The molecule has 2 heterocycles. The molecule has 0 saturated carbocycles. The lowest BCUT2D eigenvalue weighted by Crippen LogP contribution is -2.23. The SMILES string of the molecule is Cc1cc(C)nc(NS(=O)(=O)c2ccc(NC(=O)C(C)Sc3nc4c(cc3C#N)CC(C)CC4)cc2)n1. The normalized spacial score (nSPS) is 15.8. The van der Waals surface area contributed by atoms with Crippen LogP contribution in [0.25, 0.3) is 0 Å². The van der Waals surface area contributed by atoms with Gasteiger partial charge in [0.25, 0.3) is 10.0 Å². The molecule has 2 aromatic heterocycles. The Morgan fingerprint density at radius 3 is 2.46 bits per heavy atom. The first kappa shape index (κ1) is 26.6. The Hall–Kier alpha value is -3.49. The van der Waals surface area contributed by atoms with Crippen LogP contribution in [0.5, 0.6) is 0 Å². The number of pyridine rings is 1. The molecule has 2 unspecified atom stereocenters. The van der Waals surface area contributed by atoms with Gasteiger partial charge < -0.3 is 5.32 Å². The maximum atomic E-state index is 12.8. The molecule has 192 valence electrons. The molecule has 0 saturated heterocycles. The van der Waals surface area contributed by atoms with Gasteiger partial charge in [0.1, 0.15) is 11.1 Å². The largest absolute Gasteiger partial charge is 0.325 e. The Balaban J connectivity index is 1.42. The first-order chi connectivity index (χ1) is 17.5. The Morgan fingerprint density at radius 1 is 1.14 bits per heavy atom. The Labute approximate surface area is 221 Å². The zero-order valence-electron chi connectivity index (χ0n) is 21.1. The van der Waals surface area contributed by atoms with Gasteiger partial charge in [-0.1, -0.05) is 18.7 Å². The molecule has 1 aliphatic carbocycles. The number of amides is 1. The van der Waals surface area contributed by atoms with E-state index in [2.05, 4.69) is 33.0 Å². The summed E-state index contributed by atoms with van der Waals surface area (Å²) in [4.78, 5) is 25.8. The van der Waals surface area contributed by atoms with E-state index in [1.54, 1.807) is 26.8 Å². The number of hydrogen-bond donors (Lipinski definition) is 2. The lowest BCUT2D eigenvalue weighted by molar-refractivity contribution is -0.115. The lowest BCUT2D eigenvalue weighted by Gasteiger charge is -2.22. The maximum absolute atomic E-state index is 12.8. The Bertz CT molecular complexity index is 1460. The van der Waals surface area contributed by atoms with Crippen molar-refractivity contribution < 1.29 is 13.2 Å². The van der Waals surface area contributed by atoms with Gasteiger partial charge in [-0.3, -0.25) is 4.79 Å². The van der Waals surface area contributed by atoms with E-state index in [0.717, 1.165) is 30.5 Å². The number of carbonyl (C=O) groups is 1. The van der Waals surface area contributed by atoms with Gasteiger partial charge in [-0.2, -0.15) is 5.26 Å². The van der Waals surface area contributed by atoms with Crippen molar-refractivity contribution in [1.82, 2.24) is 15.0 Å². The average molecular weight is 537 g/mol. The fraction of sp³-hybridized carbons (Fsp3) is 0.346. The lowest BCUT2D eigenvalue weighted by atomic mass is 9.87. The third-order valence-corrected chi connectivity index (χ3v) is 8.46. The van der Waals surface area contributed by atoms with Crippen molar-refractivity contribution >= 4 is 39.3 Å². The van der Waals surface area contributed by atoms with Gasteiger partial charge in [-0.05, 0) is 87.9 Å². The third-order valence-electron chi connectivity index (χ3n) is 6.02. The predicted molar refractivity (Wildman–Crippen MR) is 143 cm³/mol. The van der Waals surface area contributed by atoms with Crippen molar-refractivity contribution in [2.45, 2.75) is 62.1 Å². The van der Waals surface area contributed by atoms with Gasteiger partial charge in [0.2, 0.25) is 11.9 Å². The second-order valence-corrected chi connectivity index (χ2v) is 12.3. The number of aryl methyl sites for hydroxylation is 3. The van der Waals surface area contributed by atoms with Crippen molar-refractivity contribution in [3.8, 4) is 6.07 Å². The molecule has 0 spiro atoms. The van der Waals surface area contributed by atoms with Crippen LogP contribution in [0.3, 0.4) is 0 Å². The highest BCUT2D eigenvalue weighted by Crippen LogP contribution is 2.31. The minimum absolute atomic E-state index is 0.00256. The molecule has 0 aliphatic heterocycles. The highest BCUT2D eigenvalue weighted by molar-refractivity contribution is 8.00. The summed E-state index contributed by atoms with van der Waals surface area (Å²) in [5.41, 5.74) is 4.35. The number of fused-ring (bicyclic) bond motifs is 1. The zero-order chi connectivity index (χ0) is 26.7. The van der Waals surface area contributed by atoms with E-state index in [-0.39, 0.29) is 16.8 Å². The summed E-state index contributed by atoms with van der Waals surface area (Å²) in [6.07, 6.45) is 2.85. The Morgan fingerprint density at radius 2 is 1.81 bits per heavy atom. The number of benzene rings is 1. The molecule has 0 radical (unpaired) electrons. The van der Waals surface area contributed by atoms with Gasteiger partial charge in [-0.25, -0.2) is 28.1 Å². The van der Waals surface area contributed by atoms with Gasteiger partial charge in [0.15, 0.2) is 0 Å². The summed E-state index contributed by atoms with van der Waals surface area (Å²) in [6, 6.07) is 11.7. The zero-order valence-corrected chi connectivity index (χ0v) is 22.7. The van der Waals surface area contributed by atoms with E-state index < -0.39 is 15.3 Å². The van der Waals surface area contributed by atoms with Crippen LogP contribution >= 0.6 is 11.8 Å². The molecule has 37 heavy (non-hydrogen) atoms. The smallest absolute Gasteiger partial charge is 0.264 e. The van der Waals surface area contributed by atoms with Crippen LogP contribution in [0.15, 0.2) is 46.3 Å². The molecular weight excluding hydrogens is 508 g/mol. The summed E-state index contributed by atoms with van der Waals surface area (Å²) in [5.74, 6) is 0.295. The second kappa shape index (κ2) is 10.9. The van der Waals surface area contributed by atoms with Crippen LogP contribution in [0.4, 0.5) is 11.6 Å². The molecule has 2 N–H and O–H groups in total. The number of sulfonamides is 1. The minimum atomic E-state index is -3.90. The molecule has 2 atom stereocenters. The number of nitrogens with one attached hydrogen (secondary N) is 2. The van der Waals surface area contributed by atoms with Gasteiger partial charge in [-0.15, -0.1) is 0 Å². The minimum Gasteiger partial charge on any atom is -0.325 e. The molecular formula is C26H28N6O3S2. The summed E-state index contributed by atoms with van der Waals surface area (Å²) in [6.45, 7) is 7.46. The number of rotatable bonds is 7. The van der Waals surface area contributed by atoms with Gasteiger partial charge in [0, 0.05) is 22.8 Å². The molecule has 0 fully saturated rings. The van der Waals surface area contributed by atoms with Crippen LogP contribution in [-0.4, -0.2) is 34.5 Å². The van der Waals surface area contributed by atoms with Crippen molar-refractivity contribution in [1.29, 1.82) is 5.26 Å². The second-order valence-electron chi connectivity index (χ2n) is 9.26. The van der Waals surface area contributed by atoms with E-state index in [9.17, 15) is 18.5 Å². The van der Waals surface area contributed by atoms with E-state index in [1.807, 2.05) is 6.07 Å². The van der Waals surface area contributed by atoms with Crippen molar-refractivity contribution in [3.63, 3.8) is 0 Å². The molecule has 3 aromatic rings.